The SMILES string of the molecule is Fc1ccccc1CN(Cc1nnc(-c2ccccc2)o1)C1CC1. The fourth-order valence-corrected chi connectivity index (χ4v) is 2.79. The molecule has 1 aromatic heterocycles. The summed E-state index contributed by atoms with van der Waals surface area (Å²) < 4.78 is 19.7. The third-order valence-electron chi connectivity index (χ3n) is 4.22. The zero-order chi connectivity index (χ0) is 16.4. The molecule has 0 spiro atoms. The van der Waals surface area contributed by atoms with Crippen LogP contribution in [0.4, 0.5) is 4.39 Å². The second kappa shape index (κ2) is 6.53. The lowest BCUT2D eigenvalue weighted by Gasteiger charge is -2.20. The Bertz CT molecular complexity index is 814. The van der Waals surface area contributed by atoms with Crippen LogP contribution in [0.15, 0.2) is 59.0 Å². The van der Waals surface area contributed by atoms with Gasteiger partial charge in [0.2, 0.25) is 11.8 Å². The molecule has 0 N–H and O–H groups in total. The van der Waals surface area contributed by atoms with Gasteiger partial charge in [0, 0.05) is 23.7 Å². The first kappa shape index (κ1) is 15.0. The lowest BCUT2D eigenvalue weighted by molar-refractivity contribution is 0.218. The molecule has 1 aliphatic rings. The molecule has 1 saturated carbocycles. The molecule has 4 nitrogen and oxygen atoms in total. The lowest BCUT2D eigenvalue weighted by Crippen LogP contribution is -2.25. The van der Waals surface area contributed by atoms with Crippen LogP contribution in [-0.2, 0) is 13.1 Å². The van der Waals surface area contributed by atoms with Gasteiger partial charge in [-0.1, -0.05) is 36.4 Å². The fraction of sp³-hybridized carbons (Fsp3) is 0.263. The van der Waals surface area contributed by atoms with Gasteiger partial charge in [-0.15, -0.1) is 10.2 Å². The molecule has 4 rings (SSSR count). The van der Waals surface area contributed by atoms with Crippen molar-refractivity contribution in [1.82, 2.24) is 15.1 Å². The van der Waals surface area contributed by atoms with Crippen molar-refractivity contribution in [2.24, 2.45) is 0 Å². The van der Waals surface area contributed by atoms with Gasteiger partial charge >= 0.3 is 0 Å². The summed E-state index contributed by atoms with van der Waals surface area (Å²) in [5.74, 6) is 0.919. The first-order chi connectivity index (χ1) is 11.8. The maximum atomic E-state index is 13.9. The van der Waals surface area contributed by atoms with Gasteiger partial charge in [0.25, 0.3) is 0 Å². The Morgan fingerprint density at radius 1 is 0.958 bits per heavy atom. The summed E-state index contributed by atoms with van der Waals surface area (Å²) in [7, 11) is 0. The van der Waals surface area contributed by atoms with E-state index in [1.54, 1.807) is 6.07 Å². The van der Waals surface area contributed by atoms with E-state index in [0.29, 0.717) is 36.5 Å². The van der Waals surface area contributed by atoms with Crippen molar-refractivity contribution in [3.8, 4) is 11.5 Å². The summed E-state index contributed by atoms with van der Waals surface area (Å²) in [5.41, 5.74) is 1.61. The average Bonchev–Trinajstić information content (AvgIpc) is 3.36. The Kier molecular flexibility index (Phi) is 4.09. The summed E-state index contributed by atoms with van der Waals surface area (Å²) in [6.07, 6.45) is 2.27. The Morgan fingerprint density at radius 2 is 1.71 bits per heavy atom. The predicted octanol–water partition coefficient (Wildman–Crippen LogP) is 4.04. The maximum absolute atomic E-state index is 13.9. The highest BCUT2D eigenvalue weighted by Crippen LogP contribution is 2.30. The van der Waals surface area contributed by atoms with E-state index in [-0.39, 0.29) is 5.82 Å². The van der Waals surface area contributed by atoms with Crippen LogP contribution < -0.4 is 0 Å². The Hall–Kier alpha value is -2.53. The van der Waals surface area contributed by atoms with Crippen molar-refractivity contribution in [3.63, 3.8) is 0 Å². The van der Waals surface area contributed by atoms with Gasteiger partial charge in [-0.25, -0.2) is 4.39 Å². The highest BCUT2D eigenvalue weighted by atomic mass is 19.1. The molecular formula is C19H18FN3O. The molecule has 0 saturated heterocycles. The molecule has 5 heteroatoms. The van der Waals surface area contributed by atoms with Crippen molar-refractivity contribution in [1.29, 1.82) is 0 Å². The van der Waals surface area contributed by atoms with Crippen molar-refractivity contribution < 1.29 is 8.81 Å². The topological polar surface area (TPSA) is 42.2 Å². The van der Waals surface area contributed by atoms with Gasteiger partial charge in [0.05, 0.1) is 6.54 Å². The quantitative estimate of drug-likeness (QED) is 0.686. The summed E-state index contributed by atoms with van der Waals surface area (Å²) in [5, 5.41) is 8.28. The van der Waals surface area contributed by atoms with Crippen LogP contribution in [0.1, 0.15) is 24.3 Å². The number of hydrogen-bond donors (Lipinski definition) is 0. The van der Waals surface area contributed by atoms with Gasteiger partial charge in [-0.2, -0.15) is 0 Å². The van der Waals surface area contributed by atoms with E-state index in [2.05, 4.69) is 15.1 Å². The van der Waals surface area contributed by atoms with E-state index >= 15 is 0 Å². The minimum atomic E-state index is -0.168. The number of benzene rings is 2. The van der Waals surface area contributed by atoms with Crippen LogP contribution in [0, 0.1) is 5.82 Å². The fourth-order valence-electron chi connectivity index (χ4n) is 2.79. The largest absolute Gasteiger partial charge is 0.419 e. The zero-order valence-electron chi connectivity index (χ0n) is 13.2. The zero-order valence-corrected chi connectivity index (χ0v) is 13.2. The van der Waals surface area contributed by atoms with Gasteiger partial charge in [0.1, 0.15) is 5.82 Å². The van der Waals surface area contributed by atoms with Crippen molar-refractivity contribution in [2.75, 3.05) is 0 Å². The van der Waals surface area contributed by atoms with Gasteiger partial charge in [0.15, 0.2) is 0 Å². The molecule has 3 aromatic rings. The first-order valence-corrected chi connectivity index (χ1v) is 8.15. The van der Waals surface area contributed by atoms with Gasteiger partial charge < -0.3 is 4.42 Å². The van der Waals surface area contributed by atoms with Crippen LogP contribution in [0.2, 0.25) is 0 Å². The number of aromatic nitrogens is 2. The standard InChI is InChI=1S/C19H18FN3O/c20-17-9-5-4-8-15(17)12-23(16-10-11-16)13-18-21-22-19(24-18)14-6-2-1-3-7-14/h1-9,16H,10-13H2. The highest BCUT2D eigenvalue weighted by Gasteiger charge is 2.30. The summed E-state index contributed by atoms with van der Waals surface area (Å²) in [6, 6.07) is 17.1. The third kappa shape index (κ3) is 3.36. The van der Waals surface area contributed by atoms with Crippen molar-refractivity contribution in [2.45, 2.75) is 32.0 Å². The normalized spacial score (nSPS) is 14.2. The van der Waals surface area contributed by atoms with Crippen LogP contribution in [0.3, 0.4) is 0 Å². The molecule has 0 atom stereocenters. The van der Waals surface area contributed by atoms with E-state index in [1.165, 1.54) is 6.07 Å². The van der Waals surface area contributed by atoms with E-state index in [1.807, 2.05) is 42.5 Å². The maximum Gasteiger partial charge on any atom is 0.247 e. The molecule has 2 aromatic carbocycles. The van der Waals surface area contributed by atoms with Gasteiger partial charge in [-0.05, 0) is 31.0 Å². The number of halogens is 1. The third-order valence-corrected chi connectivity index (χ3v) is 4.22. The highest BCUT2D eigenvalue weighted by molar-refractivity contribution is 5.51. The van der Waals surface area contributed by atoms with E-state index in [9.17, 15) is 4.39 Å². The molecule has 0 bridgehead atoms. The van der Waals surface area contributed by atoms with E-state index < -0.39 is 0 Å². The van der Waals surface area contributed by atoms with E-state index in [0.717, 1.165) is 18.4 Å². The van der Waals surface area contributed by atoms with E-state index in [4.69, 9.17) is 4.42 Å². The lowest BCUT2D eigenvalue weighted by atomic mass is 10.2. The van der Waals surface area contributed by atoms with Crippen molar-refractivity contribution >= 4 is 0 Å². The average molecular weight is 323 g/mol. The van der Waals surface area contributed by atoms with Crippen LogP contribution in [0.5, 0.6) is 0 Å². The summed E-state index contributed by atoms with van der Waals surface area (Å²) in [6.45, 7) is 1.10. The second-order valence-electron chi connectivity index (χ2n) is 6.09. The minimum Gasteiger partial charge on any atom is -0.419 e. The Balaban J connectivity index is 1.50. The number of nitrogens with zero attached hydrogens (tertiary/aromatic N) is 3. The molecule has 1 fully saturated rings. The van der Waals surface area contributed by atoms with Gasteiger partial charge in [-0.3, -0.25) is 4.90 Å². The minimum absolute atomic E-state index is 0.168. The molecule has 0 aliphatic heterocycles. The Morgan fingerprint density at radius 3 is 2.46 bits per heavy atom. The van der Waals surface area contributed by atoms with Crippen LogP contribution >= 0.6 is 0 Å². The molecule has 0 amide bonds. The monoisotopic (exact) mass is 323 g/mol. The summed E-state index contributed by atoms with van der Waals surface area (Å²) in [4.78, 5) is 2.21. The van der Waals surface area contributed by atoms with Crippen LogP contribution in [-0.4, -0.2) is 21.1 Å². The van der Waals surface area contributed by atoms with Crippen LogP contribution in [0.25, 0.3) is 11.5 Å². The smallest absolute Gasteiger partial charge is 0.247 e. The van der Waals surface area contributed by atoms with Crippen molar-refractivity contribution in [3.05, 3.63) is 71.9 Å². The molecule has 1 heterocycles. The molecule has 24 heavy (non-hydrogen) atoms. The summed E-state index contributed by atoms with van der Waals surface area (Å²) >= 11 is 0. The number of hydrogen-bond acceptors (Lipinski definition) is 4. The molecular weight excluding hydrogens is 305 g/mol. The molecule has 1 aliphatic carbocycles. The first-order valence-electron chi connectivity index (χ1n) is 8.15. The number of rotatable bonds is 6. The second-order valence-corrected chi connectivity index (χ2v) is 6.09. The predicted molar refractivity (Wildman–Crippen MR) is 88.4 cm³/mol. The molecule has 0 unspecified atom stereocenters. The molecule has 0 radical (unpaired) electrons. The Labute approximate surface area is 139 Å². The molecule has 122 valence electrons.